The highest BCUT2D eigenvalue weighted by Crippen LogP contribution is 2.30. The average molecular weight is 213 g/mol. The molecule has 0 fully saturated rings. The molecule has 6 nitrogen and oxygen atoms in total. The third kappa shape index (κ3) is 3.10. The first kappa shape index (κ1) is 11.3. The molecule has 1 rings (SSSR count). The zero-order chi connectivity index (χ0) is 11.3. The summed E-state index contributed by atoms with van der Waals surface area (Å²) in [7, 11) is 1.50. The van der Waals surface area contributed by atoms with Gasteiger partial charge in [0.05, 0.1) is 11.5 Å². The predicted octanol–water partition coefficient (Wildman–Crippen LogP) is 1.33. The lowest BCUT2D eigenvalue weighted by Crippen LogP contribution is -2.05. The maximum absolute atomic E-state index is 10.6. The third-order valence-corrected chi connectivity index (χ3v) is 1.69. The first-order valence-electron chi connectivity index (χ1n) is 4.24. The van der Waals surface area contributed by atoms with Gasteiger partial charge in [-0.25, -0.2) is 0 Å². The van der Waals surface area contributed by atoms with Crippen LogP contribution in [0.3, 0.4) is 0 Å². The molecule has 1 N–H and O–H groups in total. The Kier molecular flexibility index (Phi) is 3.87. The van der Waals surface area contributed by atoms with Gasteiger partial charge in [-0.1, -0.05) is 0 Å². The van der Waals surface area contributed by atoms with Crippen LogP contribution >= 0.6 is 0 Å². The van der Waals surface area contributed by atoms with Crippen molar-refractivity contribution in [2.24, 2.45) is 0 Å². The highest BCUT2D eigenvalue weighted by atomic mass is 16.6. The van der Waals surface area contributed by atoms with Crippen molar-refractivity contribution in [1.82, 2.24) is 0 Å². The Morgan fingerprint density at radius 1 is 1.47 bits per heavy atom. The van der Waals surface area contributed by atoms with E-state index < -0.39 is 4.92 Å². The zero-order valence-corrected chi connectivity index (χ0v) is 8.17. The summed E-state index contributed by atoms with van der Waals surface area (Å²) in [6, 6.07) is 3.63. The minimum Gasteiger partial charge on any atom is -0.508 e. The molecule has 0 radical (unpaired) electrons. The molecule has 6 heteroatoms. The van der Waals surface area contributed by atoms with Gasteiger partial charge in [-0.2, -0.15) is 0 Å². The number of nitro groups is 1. The molecule has 82 valence electrons. The lowest BCUT2D eigenvalue weighted by molar-refractivity contribution is -0.385. The fraction of sp³-hybridized carbons (Fsp3) is 0.333. The van der Waals surface area contributed by atoms with Crippen molar-refractivity contribution >= 4 is 5.69 Å². The van der Waals surface area contributed by atoms with Crippen molar-refractivity contribution in [3.8, 4) is 11.5 Å². The van der Waals surface area contributed by atoms with E-state index in [2.05, 4.69) is 0 Å². The molecule has 0 aliphatic carbocycles. The van der Waals surface area contributed by atoms with Gasteiger partial charge in [0.1, 0.15) is 12.4 Å². The average Bonchev–Trinajstić information content (AvgIpc) is 2.18. The summed E-state index contributed by atoms with van der Waals surface area (Å²) in [4.78, 5) is 10.0. The van der Waals surface area contributed by atoms with Crippen LogP contribution in [0.2, 0.25) is 0 Å². The van der Waals surface area contributed by atoms with Gasteiger partial charge in [0.15, 0.2) is 0 Å². The van der Waals surface area contributed by atoms with Crippen LogP contribution in [0.25, 0.3) is 0 Å². The van der Waals surface area contributed by atoms with Crippen LogP contribution in [-0.4, -0.2) is 30.4 Å². The monoisotopic (exact) mass is 213 g/mol. The Bertz CT molecular complexity index is 352. The minimum atomic E-state index is -0.568. The van der Waals surface area contributed by atoms with Gasteiger partial charge in [-0.3, -0.25) is 10.1 Å². The smallest absolute Gasteiger partial charge is 0.311 e. The van der Waals surface area contributed by atoms with E-state index in [0.717, 1.165) is 0 Å². The van der Waals surface area contributed by atoms with Crippen LogP contribution in [0.1, 0.15) is 0 Å². The summed E-state index contributed by atoms with van der Waals surface area (Å²) in [5.41, 5.74) is -0.177. The van der Waals surface area contributed by atoms with Crippen molar-refractivity contribution < 1.29 is 19.5 Å². The van der Waals surface area contributed by atoms with Crippen LogP contribution in [0.4, 0.5) is 5.69 Å². The number of nitro benzene ring substituents is 1. The molecular weight excluding hydrogens is 202 g/mol. The van der Waals surface area contributed by atoms with E-state index in [-0.39, 0.29) is 23.8 Å². The standard InChI is InChI=1S/C9H11NO5/c1-14-4-5-15-9-6-7(11)2-3-8(9)10(12)13/h2-3,6,11H,4-5H2,1H3. The van der Waals surface area contributed by atoms with Crippen molar-refractivity contribution in [3.05, 3.63) is 28.3 Å². The van der Waals surface area contributed by atoms with Crippen molar-refractivity contribution in [2.45, 2.75) is 0 Å². The lowest BCUT2D eigenvalue weighted by atomic mass is 10.3. The van der Waals surface area contributed by atoms with Crippen LogP contribution in [0, 0.1) is 10.1 Å². The Balaban J connectivity index is 2.82. The Morgan fingerprint density at radius 2 is 2.20 bits per heavy atom. The third-order valence-electron chi connectivity index (χ3n) is 1.69. The van der Waals surface area contributed by atoms with Crippen LogP contribution in [0.15, 0.2) is 18.2 Å². The lowest BCUT2D eigenvalue weighted by Gasteiger charge is -2.06. The number of phenols is 1. The molecule has 15 heavy (non-hydrogen) atoms. The summed E-state index contributed by atoms with van der Waals surface area (Å²) < 4.78 is 9.83. The van der Waals surface area contributed by atoms with Crippen LogP contribution < -0.4 is 4.74 Å². The van der Waals surface area contributed by atoms with Crippen molar-refractivity contribution in [1.29, 1.82) is 0 Å². The molecule has 0 saturated heterocycles. The van der Waals surface area contributed by atoms with E-state index in [0.29, 0.717) is 6.61 Å². The van der Waals surface area contributed by atoms with Gasteiger partial charge in [0.2, 0.25) is 5.75 Å². The topological polar surface area (TPSA) is 81.8 Å². The maximum Gasteiger partial charge on any atom is 0.311 e. The molecule has 0 amide bonds. The Morgan fingerprint density at radius 3 is 2.80 bits per heavy atom. The summed E-state index contributed by atoms with van der Waals surface area (Å²) in [5.74, 6) is -0.0370. The quantitative estimate of drug-likeness (QED) is 0.453. The molecule has 0 bridgehead atoms. The number of methoxy groups -OCH3 is 1. The van der Waals surface area contributed by atoms with Crippen molar-refractivity contribution in [2.75, 3.05) is 20.3 Å². The van der Waals surface area contributed by atoms with E-state index in [1.165, 1.54) is 25.3 Å². The molecule has 0 aliphatic heterocycles. The number of aromatic hydroxyl groups is 1. The number of hydrogen-bond donors (Lipinski definition) is 1. The number of phenolic OH excluding ortho intramolecular Hbond substituents is 1. The summed E-state index contributed by atoms with van der Waals surface area (Å²) >= 11 is 0. The molecule has 0 heterocycles. The van der Waals surface area contributed by atoms with E-state index in [1.807, 2.05) is 0 Å². The summed E-state index contributed by atoms with van der Waals surface area (Å²) in [5, 5.41) is 19.7. The summed E-state index contributed by atoms with van der Waals surface area (Å²) in [6.45, 7) is 0.521. The maximum atomic E-state index is 10.6. The minimum absolute atomic E-state index is 0.0389. The second-order valence-corrected chi connectivity index (χ2v) is 2.75. The Labute approximate surface area is 86.2 Å². The molecule has 0 spiro atoms. The molecule has 1 aromatic rings. The molecule has 0 saturated carbocycles. The molecular formula is C9H11NO5. The SMILES string of the molecule is COCCOc1cc(O)ccc1[N+](=O)[O-]. The first-order valence-corrected chi connectivity index (χ1v) is 4.24. The molecule has 0 aromatic heterocycles. The van der Waals surface area contributed by atoms with E-state index >= 15 is 0 Å². The molecule has 0 atom stereocenters. The number of nitrogens with zero attached hydrogens (tertiary/aromatic N) is 1. The normalized spacial score (nSPS) is 9.93. The fourth-order valence-corrected chi connectivity index (χ4v) is 1.00. The second-order valence-electron chi connectivity index (χ2n) is 2.75. The highest BCUT2D eigenvalue weighted by Gasteiger charge is 2.15. The second kappa shape index (κ2) is 5.16. The summed E-state index contributed by atoms with van der Waals surface area (Å²) in [6.07, 6.45) is 0. The zero-order valence-electron chi connectivity index (χ0n) is 8.17. The molecule has 0 aliphatic rings. The number of benzene rings is 1. The van der Waals surface area contributed by atoms with Gasteiger partial charge in [0.25, 0.3) is 0 Å². The van der Waals surface area contributed by atoms with E-state index in [1.54, 1.807) is 0 Å². The van der Waals surface area contributed by atoms with Gasteiger partial charge in [-0.05, 0) is 6.07 Å². The van der Waals surface area contributed by atoms with Crippen molar-refractivity contribution in [3.63, 3.8) is 0 Å². The van der Waals surface area contributed by atoms with Gasteiger partial charge in [-0.15, -0.1) is 0 Å². The molecule has 0 unspecified atom stereocenters. The Hall–Kier alpha value is -1.82. The van der Waals surface area contributed by atoms with Crippen LogP contribution in [0.5, 0.6) is 11.5 Å². The predicted molar refractivity (Wildman–Crippen MR) is 52.1 cm³/mol. The largest absolute Gasteiger partial charge is 0.508 e. The number of ether oxygens (including phenoxy) is 2. The van der Waals surface area contributed by atoms with E-state index in [9.17, 15) is 10.1 Å². The number of rotatable bonds is 5. The first-order chi connectivity index (χ1) is 7.15. The highest BCUT2D eigenvalue weighted by molar-refractivity contribution is 5.50. The van der Waals surface area contributed by atoms with Gasteiger partial charge < -0.3 is 14.6 Å². The number of hydrogen-bond acceptors (Lipinski definition) is 5. The van der Waals surface area contributed by atoms with E-state index in [4.69, 9.17) is 14.6 Å². The van der Waals surface area contributed by atoms with Crippen LogP contribution in [-0.2, 0) is 4.74 Å². The van der Waals surface area contributed by atoms with Gasteiger partial charge >= 0.3 is 5.69 Å². The molecule has 1 aromatic carbocycles. The fourth-order valence-electron chi connectivity index (χ4n) is 1.00. The van der Waals surface area contributed by atoms with Gasteiger partial charge in [0, 0.05) is 19.2 Å².